The van der Waals surface area contributed by atoms with Gasteiger partial charge in [-0.3, -0.25) is 14.9 Å². The van der Waals surface area contributed by atoms with E-state index in [9.17, 15) is 24.1 Å². The molecule has 0 saturated carbocycles. The van der Waals surface area contributed by atoms with Crippen LogP contribution in [0.1, 0.15) is 21.5 Å². The van der Waals surface area contributed by atoms with Crippen molar-refractivity contribution in [2.45, 2.75) is 13.0 Å². The summed E-state index contributed by atoms with van der Waals surface area (Å²) in [6, 6.07) is 19.2. The molecule has 170 valence electrons. The molecule has 0 aromatic heterocycles. The Bertz CT molecular complexity index is 1120. The Morgan fingerprint density at radius 1 is 0.970 bits per heavy atom. The number of benzene rings is 3. The molecule has 0 fully saturated rings. The third-order valence-corrected chi connectivity index (χ3v) is 4.74. The molecular formula is C24H22FN3O5. The summed E-state index contributed by atoms with van der Waals surface area (Å²) in [6.45, 7) is 0.142. The first kappa shape index (κ1) is 23.4. The third kappa shape index (κ3) is 7.13. The second kappa shape index (κ2) is 11.4. The molecule has 8 nitrogen and oxygen atoms in total. The number of halogens is 1. The Hall–Kier alpha value is -4.27. The number of nitro groups is 1. The number of amides is 1. The van der Waals surface area contributed by atoms with Crippen LogP contribution in [0.2, 0.25) is 0 Å². The van der Waals surface area contributed by atoms with Gasteiger partial charge in [-0.2, -0.15) is 0 Å². The lowest BCUT2D eigenvalue weighted by atomic mass is 10.1. The summed E-state index contributed by atoms with van der Waals surface area (Å²) in [5.74, 6) is -1.70. The number of carbonyl (C=O) groups excluding carboxylic acids is 2. The number of hydrogen-bond acceptors (Lipinski definition) is 6. The molecule has 0 aliphatic rings. The maximum absolute atomic E-state index is 12.9. The van der Waals surface area contributed by atoms with Gasteiger partial charge >= 0.3 is 5.97 Å². The summed E-state index contributed by atoms with van der Waals surface area (Å²) in [5.41, 5.74) is 1.75. The van der Waals surface area contributed by atoms with Crippen molar-refractivity contribution in [1.82, 2.24) is 5.32 Å². The van der Waals surface area contributed by atoms with Gasteiger partial charge in [-0.15, -0.1) is 0 Å². The molecule has 9 heteroatoms. The molecule has 0 saturated heterocycles. The summed E-state index contributed by atoms with van der Waals surface area (Å²) in [6.07, 6.45) is 0.490. The van der Waals surface area contributed by atoms with Gasteiger partial charge in [0.2, 0.25) is 0 Å². The van der Waals surface area contributed by atoms with E-state index in [-0.39, 0.29) is 29.3 Å². The number of carbonyl (C=O) groups is 2. The molecule has 0 aliphatic heterocycles. The lowest BCUT2D eigenvalue weighted by Crippen LogP contribution is -2.30. The van der Waals surface area contributed by atoms with E-state index in [1.54, 1.807) is 12.1 Å². The second-order valence-corrected chi connectivity index (χ2v) is 7.13. The average molecular weight is 451 g/mol. The molecule has 0 aliphatic carbocycles. The minimum absolute atomic E-state index is 0.0360. The molecule has 0 bridgehead atoms. The molecule has 2 N–H and O–H groups in total. The number of hydrogen-bond donors (Lipinski definition) is 2. The Morgan fingerprint density at radius 2 is 1.70 bits per heavy atom. The maximum atomic E-state index is 12.9. The van der Waals surface area contributed by atoms with Gasteiger partial charge in [0.1, 0.15) is 11.5 Å². The van der Waals surface area contributed by atoms with E-state index in [1.165, 1.54) is 24.3 Å². The van der Waals surface area contributed by atoms with E-state index in [1.807, 2.05) is 30.3 Å². The molecule has 3 aromatic rings. The van der Waals surface area contributed by atoms with Gasteiger partial charge in [-0.05, 0) is 41.8 Å². The van der Waals surface area contributed by atoms with Crippen molar-refractivity contribution in [2.75, 3.05) is 18.5 Å². The predicted octanol–water partition coefficient (Wildman–Crippen LogP) is 3.86. The largest absolute Gasteiger partial charge is 0.452 e. The number of nitrogens with one attached hydrogen (secondary N) is 2. The van der Waals surface area contributed by atoms with Gasteiger partial charge in [0.05, 0.1) is 10.5 Å². The van der Waals surface area contributed by atoms with Crippen molar-refractivity contribution >= 4 is 23.3 Å². The van der Waals surface area contributed by atoms with Gasteiger partial charge in [-0.25, -0.2) is 9.18 Å². The fraction of sp³-hybridized carbons (Fsp3) is 0.167. The minimum Gasteiger partial charge on any atom is -0.452 e. The summed E-state index contributed by atoms with van der Waals surface area (Å²) >= 11 is 0. The number of esters is 1. The van der Waals surface area contributed by atoms with E-state index in [0.717, 1.165) is 17.2 Å². The zero-order chi connectivity index (χ0) is 23.6. The summed E-state index contributed by atoms with van der Waals surface area (Å²) in [5, 5.41) is 17.0. The van der Waals surface area contributed by atoms with Crippen LogP contribution in [0.15, 0.2) is 72.8 Å². The van der Waals surface area contributed by atoms with E-state index >= 15 is 0 Å². The molecule has 33 heavy (non-hydrogen) atoms. The van der Waals surface area contributed by atoms with Gasteiger partial charge in [0.25, 0.3) is 11.6 Å². The normalized spacial score (nSPS) is 10.3. The highest BCUT2D eigenvalue weighted by Gasteiger charge is 2.19. The topological polar surface area (TPSA) is 111 Å². The van der Waals surface area contributed by atoms with Crippen molar-refractivity contribution < 1.29 is 23.6 Å². The molecule has 0 unspecified atom stereocenters. The van der Waals surface area contributed by atoms with Crippen molar-refractivity contribution in [1.29, 1.82) is 0 Å². The van der Waals surface area contributed by atoms with Gasteiger partial charge in [-0.1, -0.05) is 42.5 Å². The number of nitro benzene ring substituents is 1. The second-order valence-electron chi connectivity index (χ2n) is 7.13. The summed E-state index contributed by atoms with van der Waals surface area (Å²) < 4.78 is 17.9. The maximum Gasteiger partial charge on any atom is 0.338 e. The monoisotopic (exact) mass is 451 g/mol. The molecule has 0 heterocycles. The molecule has 0 atom stereocenters. The standard InChI is InChI=1S/C24H22FN3O5/c25-20-9-6-17(7-10-20)12-13-26-23(29)16-33-24(30)19-8-11-21(22(14-19)28(31)32)27-15-18-4-2-1-3-5-18/h1-11,14,27H,12-13,15-16H2,(H,26,29). The van der Waals surface area contributed by atoms with Crippen LogP contribution >= 0.6 is 0 Å². The van der Waals surface area contributed by atoms with Gasteiger partial charge < -0.3 is 15.4 Å². The molecule has 0 spiro atoms. The highest BCUT2D eigenvalue weighted by atomic mass is 19.1. The van der Waals surface area contributed by atoms with E-state index in [2.05, 4.69) is 10.6 Å². The zero-order valence-electron chi connectivity index (χ0n) is 17.6. The SMILES string of the molecule is O=C(COC(=O)c1ccc(NCc2ccccc2)c([N+](=O)[O-])c1)NCCc1ccc(F)cc1. The van der Waals surface area contributed by atoms with Crippen molar-refractivity contribution in [2.24, 2.45) is 0 Å². The van der Waals surface area contributed by atoms with Crippen molar-refractivity contribution in [3.8, 4) is 0 Å². The molecule has 1 amide bonds. The van der Waals surface area contributed by atoms with Crippen LogP contribution in [0.25, 0.3) is 0 Å². The Labute approximate surface area is 189 Å². The summed E-state index contributed by atoms with van der Waals surface area (Å²) in [7, 11) is 0. The highest BCUT2D eigenvalue weighted by molar-refractivity contribution is 5.93. The lowest BCUT2D eigenvalue weighted by molar-refractivity contribution is -0.384. The first-order chi connectivity index (χ1) is 15.9. The zero-order valence-corrected chi connectivity index (χ0v) is 17.6. The Balaban J connectivity index is 1.51. The van der Waals surface area contributed by atoms with E-state index < -0.39 is 23.4 Å². The van der Waals surface area contributed by atoms with Gasteiger partial charge in [0, 0.05) is 19.2 Å². The Morgan fingerprint density at radius 3 is 2.39 bits per heavy atom. The molecule has 0 radical (unpaired) electrons. The smallest absolute Gasteiger partial charge is 0.338 e. The van der Waals surface area contributed by atoms with Crippen LogP contribution in [0.4, 0.5) is 15.8 Å². The lowest BCUT2D eigenvalue weighted by Gasteiger charge is -2.09. The fourth-order valence-corrected chi connectivity index (χ4v) is 3.02. The highest BCUT2D eigenvalue weighted by Crippen LogP contribution is 2.26. The number of rotatable bonds is 10. The van der Waals surface area contributed by atoms with Crippen molar-refractivity contribution in [3.63, 3.8) is 0 Å². The first-order valence-corrected chi connectivity index (χ1v) is 10.2. The van der Waals surface area contributed by atoms with E-state index in [0.29, 0.717) is 13.0 Å². The molecule has 3 aromatic carbocycles. The van der Waals surface area contributed by atoms with Crippen molar-refractivity contribution in [3.05, 3.63) is 105 Å². The van der Waals surface area contributed by atoms with Crippen LogP contribution in [0, 0.1) is 15.9 Å². The predicted molar refractivity (Wildman–Crippen MR) is 120 cm³/mol. The third-order valence-electron chi connectivity index (χ3n) is 4.74. The minimum atomic E-state index is -0.846. The van der Waals surface area contributed by atoms with Gasteiger partial charge in [0.15, 0.2) is 6.61 Å². The van der Waals surface area contributed by atoms with Crippen LogP contribution in [0.3, 0.4) is 0 Å². The Kier molecular flexibility index (Phi) is 8.07. The number of ether oxygens (including phenoxy) is 1. The number of nitrogens with zero attached hydrogens (tertiary/aromatic N) is 1. The molecular weight excluding hydrogens is 429 g/mol. The first-order valence-electron chi connectivity index (χ1n) is 10.2. The number of anilines is 1. The van der Waals surface area contributed by atoms with E-state index in [4.69, 9.17) is 4.74 Å². The summed E-state index contributed by atoms with van der Waals surface area (Å²) in [4.78, 5) is 35.0. The fourth-order valence-electron chi connectivity index (χ4n) is 3.02. The average Bonchev–Trinajstić information content (AvgIpc) is 2.83. The van der Waals surface area contributed by atoms with Crippen LogP contribution < -0.4 is 10.6 Å². The van der Waals surface area contributed by atoms with Crippen LogP contribution in [-0.4, -0.2) is 30.0 Å². The quantitative estimate of drug-likeness (QED) is 0.275. The van der Waals surface area contributed by atoms with Crippen LogP contribution in [-0.2, 0) is 22.5 Å². The molecule has 3 rings (SSSR count). The van der Waals surface area contributed by atoms with Crippen LogP contribution in [0.5, 0.6) is 0 Å².